The summed E-state index contributed by atoms with van der Waals surface area (Å²) in [6.45, 7) is 8.42. The lowest BCUT2D eigenvalue weighted by atomic mass is 10.1. The van der Waals surface area contributed by atoms with Gasteiger partial charge in [-0.1, -0.05) is 38.1 Å². The second-order valence-corrected chi connectivity index (χ2v) is 9.28. The molecule has 0 spiro atoms. The molecule has 0 saturated heterocycles. The molecule has 0 radical (unpaired) electrons. The van der Waals surface area contributed by atoms with Crippen LogP contribution >= 0.6 is 0 Å². The quantitative estimate of drug-likeness (QED) is 0.752. The zero-order valence-corrected chi connectivity index (χ0v) is 18.3. The Hall–Kier alpha value is -2.38. The number of carbonyl (C=O) groups is 1. The van der Waals surface area contributed by atoms with Gasteiger partial charge in [0.2, 0.25) is 15.9 Å². The molecule has 1 unspecified atom stereocenters. The van der Waals surface area contributed by atoms with E-state index in [9.17, 15) is 13.2 Å². The van der Waals surface area contributed by atoms with E-state index in [4.69, 9.17) is 0 Å². The van der Waals surface area contributed by atoms with Gasteiger partial charge in [0.1, 0.15) is 0 Å². The van der Waals surface area contributed by atoms with Crippen molar-refractivity contribution >= 4 is 27.3 Å². The van der Waals surface area contributed by atoms with Gasteiger partial charge >= 0.3 is 0 Å². The van der Waals surface area contributed by atoms with Crippen LogP contribution in [0.25, 0.3) is 0 Å². The fourth-order valence-corrected chi connectivity index (χ4v) is 5.61. The van der Waals surface area contributed by atoms with Gasteiger partial charge in [0.15, 0.2) is 0 Å². The fraction of sp³-hybridized carbons (Fsp3) is 0.409. The Kier molecular flexibility index (Phi) is 6.29. The number of hydrogen-bond acceptors (Lipinski definition) is 4. The van der Waals surface area contributed by atoms with Crippen molar-refractivity contribution in [3.63, 3.8) is 0 Å². The molecule has 29 heavy (non-hydrogen) atoms. The van der Waals surface area contributed by atoms with Crippen LogP contribution in [0.4, 0.5) is 11.4 Å². The normalized spacial score (nSPS) is 16.2. The molecule has 1 N–H and O–H groups in total. The molecular formula is C22H29N3O3S. The number of sulfonamides is 1. The number of amides is 1. The lowest BCUT2D eigenvalue weighted by Gasteiger charge is -2.23. The minimum atomic E-state index is -3.56. The smallest absolute Gasteiger partial charge is 0.246 e. The number of anilines is 2. The van der Waals surface area contributed by atoms with E-state index >= 15 is 0 Å². The second-order valence-electron chi connectivity index (χ2n) is 7.37. The summed E-state index contributed by atoms with van der Waals surface area (Å²) >= 11 is 0. The minimum Gasteiger partial charge on any atom is -0.376 e. The topological polar surface area (TPSA) is 69.7 Å². The van der Waals surface area contributed by atoms with Crippen molar-refractivity contribution < 1.29 is 13.2 Å². The predicted octanol–water partition coefficient (Wildman–Crippen LogP) is 3.42. The number of rotatable bonds is 7. The first-order valence-electron chi connectivity index (χ1n) is 10.0. The van der Waals surface area contributed by atoms with Crippen molar-refractivity contribution in [2.24, 2.45) is 0 Å². The minimum absolute atomic E-state index is 0.0313. The monoisotopic (exact) mass is 415 g/mol. The highest BCUT2D eigenvalue weighted by atomic mass is 32.2. The Labute approximate surface area is 173 Å². The van der Waals surface area contributed by atoms with Crippen LogP contribution in [-0.2, 0) is 21.2 Å². The molecule has 1 aliphatic rings. The molecule has 1 aliphatic heterocycles. The van der Waals surface area contributed by atoms with Crippen molar-refractivity contribution in [3.05, 3.63) is 53.6 Å². The van der Waals surface area contributed by atoms with Gasteiger partial charge in [0, 0.05) is 30.5 Å². The van der Waals surface area contributed by atoms with Gasteiger partial charge in [-0.15, -0.1) is 0 Å². The molecule has 2 aromatic carbocycles. The summed E-state index contributed by atoms with van der Waals surface area (Å²) in [7, 11) is -3.56. The number of aryl methyl sites for hydroxylation is 1. The van der Waals surface area contributed by atoms with Crippen LogP contribution in [0.2, 0.25) is 0 Å². The van der Waals surface area contributed by atoms with E-state index in [1.165, 1.54) is 9.87 Å². The highest BCUT2D eigenvalue weighted by Crippen LogP contribution is 2.32. The summed E-state index contributed by atoms with van der Waals surface area (Å²) in [5.41, 5.74) is 3.45. The van der Waals surface area contributed by atoms with Crippen LogP contribution in [-0.4, -0.2) is 44.3 Å². The van der Waals surface area contributed by atoms with Gasteiger partial charge in [-0.05, 0) is 49.6 Å². The largest absolute Gasteiger partial charge is 0.376 e. The first kappa shape index (κ1) is 21.3. The molecule has 0 fully saturated rings. The molecule has 1 atom stereocenters. The van der Waals surface area contributed by atoms with Crippen LogP contribution in [0.3, 0.4) is 0 Å². The Morgan fingerprint density at radius 3 is 2.55 bits per heavy atom. The molecule has 0 aromatic heterocycles. The van der Waals surface area contributed by atoms with Crippen molar-refractivity contribution in [3.8, 4) is 0 Å². The molecule has 7 heteroatoms. The molecule has 0 saturated carbocycles. The molecule has 2 aromatic rings. The Morgan fingerprint density at radius 1 is 1.17 bits per heavy atom. The fourth-order valence-electron chi connectivity index (χ4n) is 3.90. The number of carbonyl (C=O) groups excluding carboxylic acids is 1. The molecule has 156 valence electrons. The summed E-state index contributed by atoms with van der Waals surface area (Å²) < 4.78 is 27.3. The van der Waals surface area contributed by atoms with Crippen molar-refractivity contribution in [2.75, 3.05) is 29.9 Å². The first-order chi connectivity index (χ1) is 13.8. The third kappa shape index (κ3) is 4.16. The van der Waals surface area contributed by atoms with Crippen molar-refractivity contribution in [1.82, 2.24) is 4.31 Å². The predicted molar refractivity (Wildman–Crippen MR) is 117 cm³/mol. The summed E-state index contributed by atoms with van der Waals surface area (Å²) in [5.74, 6) is -0.0313. The molecule has 0 aliphatic carbocycles. The van der Waals surface area contributed by atoms with Gasteiger partial charge in [0.25, 0.3) is 0 Å². The molecule has 3 rings (SSSR count). The number of hydrogen-bond donors (Lipinski definition) is 1. The average molecular weight is 416 g/mol. The van der Waals surface area contributed by atoms with Gasteiger partial charge < -0.3 is 10.2 Å². The maximum atomic E-state index is 12.9. The molecule has 6 nitrogen and oxygen atoms in total. The lowest BCUT2D eigenvalue weighted by Crippen LogP contribution is -2.39. The van der Waals surface area contributed by atoms with E-state index in [-0.39, 0.29) is 23.4 Å². The Balaban J connectivity index is 1.78. The average Bonchev–Trinajstić information content (AvgIpc) is 3.03. The van der Waals surface area contributed by atoms with E-state index in [1.807, 2.05) is 49.9 Å². The zero-order chi connectivity index (χ0) is 21.2. The van der Waals surface area contributed by atoms with E-state index in [2.05, 4.69) is 11.4 Å². The maximum absolute atomic E-state index is 12.9. The number of nitrogens with zero attached hydrogens (tertiary/aromatic N) is 2. The van der Waals surface area contributed by atoms with E-state index in [0.29, 0.717) is 24.3 Å². The van der Waals surface area contributed by atoms with Gasteiger partial charge in [-0.2, -0.15) is 4.31 Å². The van der Waals surface area contributed by atoms with Crippen LogP contribution in [0.15, 0.2) is 47.4 Å². The third-order valence-corrected chi connectivity index (χ3v) is 7.62. The standard InChI is InChI=1S/C22H29N3O3S/c1-5-24(6-2)29(27,28)21-14-19(12-11-16(21)3)23-15-22(26)25-17(4)13-18-9-7-8-10-20(18)25/h7-12,14,17,23H,5-6,13,15H2,1-4H3. The van der Waals surface area contributed by atoms with Gasteiger partial charge in [-0.25, -0.2) is 8.42 Å². The Morgan fingerprint density at radius 2 is 1.86 bits per heavy atom. The van der Waals surface area contributed by atoms with Crippen LogP contribution in [0.1, 0.15) is 31.9 Å². The van der Waals surface area contributed by atoms with Crippen molar-refractivity contribution in [2.45, 2.75) is 45.1 Å². The summed E-state index contributed by atoms with van der Waals surface area (Å²) in [4.78, 5) is 15.0. The van der Waals surface area contributed by atoms with Gasteiger partial charge in [0.05, 0.1) is 11.4 Å². The van der Waals surface area contributed by atoms with E-state index in [1.54, 1.807) is 19.1 Å². The summed E-state index contributed by atoms with van der Waals surface area (Å²) in [6, 6.07) is 13.3. The van der Waals surface area contributed by atoms with E-state index < -0.39 is 10.0 Å². The summed E-state index contributed by atoms with van der Waals surface area (Å²) in [5, 5.41) is 3.11. The lowest BCUT2D eigenvalue weighted by molar-refractivity contribution is -0.117. The first-order valence-corrected chi connectivity index (χ1v) is 11.5. The van der Waals surface area contributed by atoms with E-state index in [0.717, 1.165) is 12.1 Å². The molecule has 1 amide bonds. The number of fused-ring (bicyclic) bond motifs is 1. The van der Waals surface area contributed by atoms with Crippen LogP contribution in [0, 0.1) is 6.92 Å². The number of nitrogens with one attached hydrogen (secondary N) is 1. The molecule has 1 heterocycles. The number of para-hydroxylation sites is 1. The zero-order valence-electron chi connectivity index (χ0n) is 17.5. The molecule has 0 bridgehead atoms. The maximum Gasteiger partial charge on any atom is 0.246 e. The van der Waals surface area contributed by atoms with Crippen LogP contribution < -0.4 is 10.2 Å². The second kappa shape index (κ2) is 8.55. The number of benzene rings is 2. The molecular weight excluding hydrogens is 386 g/mol. The van der Waals surface area contributed by atoms with Crippen molar-refractivity contribution in [1.29, 1.82) is 0 Å². The highest BCUT2D eigenvalue weighted by molar-refractivity contribution is 7.89. The van der Waals surface area contributed by atoms with Crippen LogP contribution in [0.5, 0.6) is 0 Å². The Bertz CT molecular complexity index is 1000. The SMILES string of the molecule is CCN(CC)S(=O)(=O)c1cc(NCC(=O)N2c3ccccc3CC2C)ccc1C. The van der Waals surface area contributed by atoms with Gasteiger partial charge in [-0.3, -0.25) is 4.79 Å². The third-order valence-electron chi connectivity index (χ3n) is 5.43. The summed E-state index contributed by atoms with van der Waals surface area (Å²) in [6.07, 6.45) is 0.846. The highest BCUT2D eigenvalue weighted by Gasteiger charge is 2.30.